The molecule has 11 heteroatoms. The third kappa shape index (κ3) is 8.31. The monoisotopic (exact) mass is 540 g/mol. The van der Waals surface area contributed by atoms with Crippen molar-refractivity contribution in [2.75, 3.05) is 17.2 Å². The lowest BCUT2D eigenvalue weighted by molar-refractivity contribution is -0.121. The van der Waals surface area contributed by atoms with Crippen molar-refractivity contribution in [1.29, 1.82) is 0 Å². The summed E-state index contributed by atoms with van der Waals surface area (Å²) < 4.78 is 6.53. The number of halogens is 1. The molecule has 0 radical (unpaired) electrons. The van der Waals surface area contributed by atoms with E-state index in [1.54, 1.807) is 46.8 Å². The van der Waals surface area contributed by atoms with Gasteiger partial charge in [-0.3, -0.25) is 19.5 Å². The number of carbonyl (C=O) groups excluding carboxylic acids is 2. The highest BCUT2D eigenvalue weighted by molar-refractivity contribution is 6.30. The van der Waals surface area contributed by atoms with Gasteiger partial charge in [-0.05, 0) is 58.2 Å². The number of hydrogen-bond donors (Lipinski definition) is 3. The molecule has 3 aromatic rings. The van der Waals surface area contributed by atoms with Crippen molar-refractivity contribution in [3.05, 3.63) is 80.5 Å². The van der Waals surface area contributed by atoms with E-state index in [9.17, 15) is 14.4 Å². The molecule has 0 spiro atoms. The van der Waals surface area contributed by atoms with Gasteiger partial charge in [0.1, 0.15) is 18.0 Å². The molecule has 2 amide bonds. The van der Waals surface area contributed by atoms with Crippen LogP contribution in [0.1, 0.15) is 43.3 Å². The highest BCUT2D eigenvalue weighted by Gasteiger charge is 2.18. The van der Waals surface area contributed by atoms with Crippen LogP contribution in [0.4, 0.5) is 16.4 Å². The summed E-state index contributed by atoms with van der Waals surface area (Å²) in [6, 6.07) is 13.2. The predicted molar refractivity (Wildman–Crippen MR) is 148 cm³/mol. The largest absolute Gasteiger partial charge is 0.444 e. The Morgan fingerprint density at radius 3 is 2.42 bits per heavy atom. The average Bonchev–Trinajstić information content (AvgIpc) is 2.84. The molecular formula is C27H33ClN6O4. The van der Waals surface area contributed by atoms with Gasteiger partial charge in [0.2, 0.25) is 5.91 Å². The van der Waals surface area contributed by atoms with Gasteiger partial charge in [-0.15, -0.1) is 0 Å². The van der Waals surface area contributed by atoms with Crippen LogP contribution < -0.4 is 21.5 Å². The number of rotatable bonds is 9. The molecule has 10 nitrogen and oxygen atoms in total. The van der Waals surface area contributed by atoms with Crippen molar-refractivity contribution >= 4 is 35.2 Å². The fourth-order valence-corrected chi connectivity index (χ4v) is 3.73. The van der Waals surface area contributed by atoms with Crippen LogP contribution in [-0.4, -0.2) is 38.7 Å². The minimum Gasteiger partial charge on any atom is -0.444 e. The van der Waals surface area contributed by atoms with Crippen molar-refractivity contribution in [2.24, 2.45) is 0 Å². The molecule has 0 aliphatic carbocycles. The van der Waals surface area contributed by atoms with Crippen molar-refractivity contribution in [3.8, 4) is 0 Å². The molecule has 0 unspecified atom stereocenters. The van der Waals surface area contributed by atoms with Crippen LogP contribution in [0.2, 0.25) is 5.15 Å². The number of hydrogen-bond acceptors (Lipinski definition) is 7. The lowest BCUT2D eigenvalue weighted by Crippen LogP contribution is -2.35. The van der Waals surface area contributed by atoms with Gasteiger partial charge in [0.15, 0.2) is 11.0 Å². The molecule has 202 valence electrons. The van der Waals surface area contributed by atoms with Gasteiger partial charge in [-0.2, -0.15) is 0 Å². The number of pyridine rings is 1. The number of anilines is 2. The van der Waals surface area contributed by atoms with Crippen molar-refractivity contribution in [3.63, 3.8) is 0 Å². The first kappa shape index (κ1) is 28.6. The van der Waals surface area contributed by atoms with Crippen molar-refractivity contribution in [1.82, 2.24) is 19.9 Å². The van der Waals surface area contributed by atoms with Gasteiger partial charge >= 0.3 is 6.09 Å². The molecule has 3 N–H and O–H groups in total. The van der Waals surface area contributed by atoms with E-state index in [2.05, 4.69) is 25.9 Å². The molecule has 1 aromatic carbocycles. The molecule has 2 aromatic heterocycles. The first-order valence-corrected chi connectivity index (χ1v) is 12.6. The maximum Gasteiger partial charge on any atom is 0.413 e. The third-order valence-corrected chi connectivity index (χ3v) is 5.87. The molecule has 0 aliphatic heterocycles. The fraction of sp³-hybridized carbons (Fsp3) is 0.370. The fourth-order valence-electron chi connectivity index (χ4n) is 3.54. The number of aromatic nitrogens is 3. The lowest BCUT2D eigenvalue weighted by Gasteiger charge is -2.19. The first-order chi connectivity index (χ1) is 17.9. The Balaban J connectivity index is 1.60. The van der Waals surface area contributed by atoms with Gasteiger partial charge in [0, 0.05) is 18.8 Å². The molecule has 38 heavy (non-hydrogen) atoms. The molecule has 0 bridgehead atoms. The van der Waals surface area contributed by atoms with Gasteiger partial charge < -0.3 is 15.4 Å². The summed E-state index contributed by atoms with van der Waals surface area (Å²) >= 11 is 6.26. The second-order valence-electron chi connectivity index (χ2n) is 9.73. The third-order valence-electron chi connectivity index (χ3n) is 5.51. The first-order valence-electron chi connectivity index (χ1n) is 12.2. The van der Waals surface area contributed by atoms with Crippen molar-refractivity contribution < 1.29 is 14.3 Å². The van der Waals surface area contributed by atoms with E-state index in [-0.39, 0.29) is 30.0 Å². The summed E-state index contributed by atoms with van der Waals surface area (Å²) in [5.41, 5.74) is 1.86. The molecule has 0 saturated heterocycles. The van der Waals surface area contributed by atoms with Crippen LogP contribution in [0.15, 0.2) is 47.3 Å². The van der Waals surface area contributed by atoms with E-state index >= 15 is 0 Å². The van der Waals surface area contributed by atoms with Gasteiger partial charge in [-0.1, -0.05) is 48.0 Å². The zero-order valence-corrected chi connectivity index (χ0v) is 23.0. The minimum atomic E-state index is -0.623. The Bertz CT molecular complexity index is 1350. The Hall–Kier alpha value is -3.92. The number of carbonyl (C=O) groups is 2. The Labute approximate surface area is 226 Å². The summed E-state index contributed by atoms with van der Waals surface area (Å²) in [4.78, 5) is 46.2. The van der Waals surface area contributed by atoms with Crippen LogP contribution >= 0.6 is 11.6 Å². The highest BCUT2D eigenvalue weighted by Crippen LogP contribution is 2.14. The Kier molecular flexibility index (Phi) is 9.46. The number of aryl methyl sites for hydroxylation is 1. The molecule has 0 saturated carbocycles. The molecule has 0 fully saturated rings. The van der Waals surface area contributed by atoms with Gasteiger partial charge in [0.05, 0.1) is 5.69 Å². The van der Waals surface area contributed by atoms with E-state index in [4.69, 9.17) is 16.3 Å². The van der Waals surface area contributed by atoms with E-state index in [1.807, 2.05) is 30.3 Å². The minimum absolute atomic E-state index is 0.0949. The number of ether oxygens (including phenoxy) is 1. The Morgan fingerprint density at radius 2 is 1.76 bits per heavy atom. The molecule has 3 rings (SSSR count). The second kappa shape index (κ2) is 12.6. The summed E-state index contributed by atoms with van der Waals surface area (Å²) in [6.45, 7) is 9.20. The van der Waals surface area contributed by atoms with Crippen LogP contribution in [0, 0.1) is 13.8 Å². The number of amides is 2. The van der Waals surface area contributed by atoms with Crippen LogP contribution in [0.3, 0.4) is 0 Å². The number of nitrogens with zero attached hydrogens (tertiary/aromatic N) is 3. The van der Waals surface area contributed by atoms with Crippen LogP contribution in [-0.2, 0) is 29.0 Å². The average molecular weight is 541 g/mol. The highest BCUT2D eigenvalue weighted by atomic mass is 35.5. The van der Waals surface area contributed by atoms with E-state index in [0.29, 0.717) is 30.2 Å². The second-order valence-corrected chi connectivity index (χ2v) is 10.1. The molecule has 0 aliphatic rings. The summed E-state index contributed by atoms with van der Waals surface area (Å²) in [7, 11) is 0. The zero-order chi connectivity index (χ0) is 27.9. The van der Waals surface area contributed by atoms with Crippen LogP contribution in [0.5, 0.6) is 0 Å². The number of benzene rings is 1. The predicted octanol–water partition coefficient (Wildman–Crippen LogP) is 4.23. The topological polar surface area (TPSA) is 127 Å². The maximum atomic E-state index is 13.0. The molecule has 2 heterocycles. The smallest absolute Gasteiger partial charge is 0.413 e. The molecule has 0 atom stereocenters. The molecular weight excluding hydrogens is 508 g/mol. The van der Waals surface area contributed by atoms with E-state index in [1.165, 1.54) is 4.57 Å². The maximum absolute atomic E-state index is 13.0. The van der Waals surface area contributed by atoms with Crippen LogP contribution in [0.25, 0.3) is 0 Å². The number of nitrogens with one attached hydrogen (secondary N) is 3. The van der Waals surface area contributed by atoms with Gasteiger partial charge in [0.25, 0.3) is 5.56 Å². The zero-order valence-electron chi connectivity index (χ0n) is 22.2. The summed E-state index contributed by atoms with van der Waals surface area (Å²) in [5.74, 6) is 0.0632. The standard InChI is InChI=1S/C27H33ClN6O4/c1-17-20(11-12-21(31-17)32-26(37)38-27(3,4)5)15-30-22(35)16-34-18(2)23(28)33-24(25(34)36)29-14-13-19-9-7-6-8-10-19/h6-12H,13-16H2,1-5H3,(H,29,33)(H,30,35)(H,31,32,37). The summed E-state index contributed by atoms with van der Waals surface area (Å²) in [6.07, 6.45) is 0.101. The van der Waals surface area contributed by atoms with Gasteiger partial charge in [-0.25, -0.2) is 14.8 Å². The van der Waals surface area contributed by atoms with E-state index in [0.717, 1.165) is 11.1 Å². The lowest BCUT2D eigenvalue weighted by atomic mass is 10.1. The van der Waals surface area contributed by atoms with Crippen molar-refractivity contribution in [2.45, 2.75) is 59.7 Å². The summed E-state index contributed by atoms with van der Waals surface area (Å²) in [5, 5.41) is 8.57. The van der Waals surface area contributed by atoms with E-state index < -0.39 is 17.3 Å². The Morgan fingerprint density at radius 1 is 1.05 bits per heavy atom. The normalized spacial score (nSPS) is 11.1. The SMILES string of the molecule is Cc1nc(NC(=O)OC(C)(C)C)ccc1CNC(=O)Cn1c(C)c(Cl)nc(NCCc2ccccc2)c1=O. The quantitative estimate of drug-likeness (QED) is 0.370.